The first-order chi connectivity index (χ1) is 12.1. The van der Waals surface area contributed by atoms with E-state index in [-0.39, 0.29) is 15.6 Å². The summed E-state index contributed by atoms with van der Waals surface area (Å²) in [6.45, 7) is 0. The Bertz CT molecular complexity index is 1150. The Morgan fingerprint density at radius 2 is 1.56 bits per heavy atom. The highest BCUT2D eigenvalue weighted by Crippen LogP contribution is 2.27. The molecule has 0 spiro atoms. The molecule has 0 aliphatic heterocycles. The van der Waals surface area contributed by atoms with Crippen molar-refractivity contribution >= 4 is 21.3 Å². The van der Waals surface area contributed by atoms with Gasteiger partial charge >= 0.3 is 0 Å². The Kier molecular flexibility index (Phi) is 3.51. The molecule has 6 nitrogen and oxygen atoms in total. The number of nitrogens with zero attached hydrogens (tertiary/aromatic N) is 3. The number of rotatable bonds is 3. The van der Waals surface area contributed by atoms with Crippen LogP contribution in [-0.2, 0) is 9.84 Å². The fourth-order valence-electron chi connectivity index (χ4n) is 2.62. The lowest BCUT2D eigenvalue weighted by molar-refractivity contribution is 0.595. The van der Waals surface area contributed by atoms with Gasteiger partial charge in [0.05, 0.1) is 16.8 Å². The molecule has 2 heterocycles. The SMILES string of the molecule is Nc1c(S(=O)(=O)c2ccccc2)cnc2cc(-c3ccccc3)nn12. The summed E-state index contributed by atoms with van der Waals surface area (Å²) in [5.74, 6) is 0.0380. The van der Waals surface area contributed by atoms with E-state index in [9.17, 15) is 8.42 Å². The fourth-order valence-corrected chi connectivity index (χ4v) is 3.94. The number of hydrogen-bond acceptors (Lipinski definition) is 5. The number of anilines is 1. The Labute approximate surface area is 144 Å². The van der Waals surface area contributed by atoms with Crippen molar-refractivity contribution < 1.29 is 8.42 Å². The summed E-state index contributed by atoms with van der Waals surface area (Å²) in [4.78, 5) is 4.33. The fraction of sp³-hybridized carbons (Fsp3) is 0. The summed E-state index contributed by atoms with van der Waals surface area (Å²) < 4.78 is 27.0. The van der Waals surface area contributed by atoms with Crippen molar-refractivity contribution in [2.24, 2.45) is 0 Å². The summed E-state index contributed by atoms with van der Waals surface area (Å²) in [5, 5.41) is 4.42. The van der Waals surface area contributed by atoms with Crippen LogP contribution in [0.1, 0.15) is 0 Å². The van der Waals surface area contributed by atoms with Gasteiger partial charge in [-0.05, 0) is 12.1 Å². The number of sulfone groups is 1. The molecule has 0 unspecified atom stereocenters. The van der Waals surface area contributed by atoms with Crippen molar-refractivity contribution in [2.45, 2.75) is 9.79 Å². The maximum absolute atomic E-state index is 12.8. The topological polar surface area (TPSA) is 90.4 Å². The van der Waals surface area contributed by atoms with Gasteiger partial charge in [-0.15, -0.1) is 0 Å². The molecule has 25 heavy (non-hydrogen) atoms. The molecule has 0 radical (unpaired) electrons. The lowest BCUT2D eigenvalue weighted by atomic mass is 10.2. The molecular weight excluding hydrogens is 336 g/mol. The third-order valence-corrected chi connectivity index (χ3v) is 5.68. The van der Waals surface area contributed by atoms with Crippen molar-refractivity contribution in [3.8, 4) is 11.3 Å². The summed E-state index contributed by atoms with van der Waals surface area (Å²) in [7, 11) is -3.76. The van der Waals surface area contributed by atoms with Gasteiger partial charge in [-0.3, -0.25) is 0 Å². The van der Waals surface area contributed by atoms with Gasteiger partial charge in [0.25, 0.3) is 0 Å². The molecule has 0 bridgehead atoms. The van der Waals surface area contributed by atoms with Crippen LogP contribution >= 0.6 is 0 Å². The standard InChI is InChI=1S/C18H14N4O2S/c19-18-16(25(23,24)14-9-5-2-6-10-14)12-20-17-11-15(21-22(17)18)13-7-3-1-4-8-13/h1-12H,19H2. The van der Waals surface area contributed by atoms with E-state index in [1.165, 1.54) is 22.8 Å². The van der Waals surface area contributed by atoms with Gasteiger partial charge in [0.2, 0.25) is 9.84 Å². The Morgan fingerprint density at radius 3 is 2.24 bits per heavy atom. The minimum Gasteiger partial charge on any atom is -0.382 e. The van der Waals surface area contributed by atoms with Gasteiger partial charge in [0.1, 0.15) is 10.7 Å². The van der Waals surface area contributed by atoms with Crippen molar-refractivity contribution in [1.82, 2.24) is 14.6 Å². The molecule has 0 aliphatic carbocycles. The van der Waals surface area contributed by atoms with E-state index in [2.05, 4.69) is 10.1 Å². The molecule has 2 aromatic carbocycles. The lowest BCUT2D eigenvalue weighted by Gasteiger charge is -2.08. The number of benzene rings is 2. The molecule has 0 amide bonds. The zero-order valence-corrected chi connectivity index (χ0v) is 13.9. The summed E-state index contributed by atoms with van der Waals surface area (Å²) >= 11 is 0. The highest BCUT2D eigenvalue weighted by molar-refractivity contribution is 7.91. The summed E-state index contributed by atoms with van der Waals surface area (Å²) in [6, 6.07) is 19.5. The highest BCUT2D eigenvalue weighted by Gasteiger charge is 2.23. The number of hydrogen-bond donors (Lipinski definition) is 1. The van der Waals surface area contributed by atoms with Crippen LogP contribution < -0.4 is 5.73 Å². The predicted octanol–water partition coefficient (Wildman–Crippen LogP) is 2.81. The average Bonchev–Trinajstić information content (AvgIpc) is 3.09. The van der Waals surface area contributed by atoms with Crippen LogP contribution in [0.4, 0.5) is 5.82 Å². The minimum absolute atomic E-state index is 0.0380. The molecule has 4 rings (SSSR count). The molecule has 0 saturated heterocycles. The first-order valence-corrected chi connectivity index (χ1v) is 9.05. The minimum atomic E-state index is -3.76. The van der Waals surface area contributed by atoms with E-state index in [4.69, 9.17) is 5.73 Å². The molecule has 0 atom stereocenters. The van der Waals surface area contributed by atoms with E-state index in [0.29, 0.717) is 11.3 Å². The number of nitrogen functional groups attached to an aromatic ring is 1. The average molecular weight is 350 g/mol. The first kappa shape index (κ1) is 15.3. The second kappa shape index (κ2) is 5.71. The van der Waals surface area contributed by atoms with Crippen LogP contribution in [0.25, 0.3) is 16.9 Å². The zero-order chi connectivity index (χ0) is 17.4. The molecule has 0 fully saturated rings. The monoisotopic (exact) mass is 350 g/mol. The summed E-state index contributed by atoms with van der Waals surface area (Å²) in [6.07, 6.45) is 1.28. The quantitative estimate of drug-likeness (QED) is 0.613. The Morgan fingerprint density at radius 1 is 0.920 bits per heavy atom. The molecule has 0 aliphatic rings. The lowest BCUT2D eigenvalue weighted by Crippen LogP contribution is -2.10. The first-order valence-electron chi connectivity index (χ1n) is 7.57. The van der Waals surface area contributed by atoms with E-state index in [1.807, 2.05) is 30.3 Å². The van der Waals surface area contributed by atoms with E-state index in [1.54, 1.807) is 24.3 Å². The van der Waals surface area contributed by atoms with Gasteiger partial charge < -0.3 is 5.73 Å². The molecule has 4 aromatic rings. The molecular formula is C18H14N4O2S. The van der Waals surface area contributed by atoms with Crippen LogP contribution in [0.2, 0.25) is 0 Å². The van der Waals surface area contributed by atoms with Gasteiger partial charge in [0.15, 0.2) is 5.65 Å². The van der Waals surface area contributed by atoms with E-state index in [0.717, 1.165) is 5.56 Å². The Balaban J connectivity index is 1.89. The van der Waals surface area contributed by atoms with Crippen molar-refractivity contribution in [1.29, 1.82) is 0 Å². The smallest absolute Gasteiger partial charge is 0.211 e. The third-order valence-electron chi connectivity index (χ3n) is 3.90. The van der Waals surface area contributed by atoms with E-state index < -0.39 is 9.84 Å². The normalized spacial score (nSPS) is 11.7. The van der Waals surface area contributed by atoms with Crippen LogP contribution in [-0.4, -0.2) is 23.0 Å². The second-order valence-electron chi connectivity index (χ2n) is 5.49. The molecule has 7 heteroatoms. The maximum Gasteiger partial charge on any atom is 0.211 e. The van der Waals surface area contributed by atoms with Gasteiger partial charge in [-0.2, -0.15) is 9.61 Å². The Hall–Kier alpha value is -3.19. The zero-order valence-electron chi connectivity index (χ0n) is 13.1. The van der Waals surface area contributed by atoms with Crippen molar-refractivity contribution in [3.05, 3.63) is 72.9 Å². The third kappa shape index (κ3) is 2.54. The van der Waals surface area contributed by atoms with Crippen molar-refractivity contribution in [3.63, 3.8) is 0 Å². The molecule has 0 saturated carbocycles. The summed E-state index contributed by atoms with van der Waals surface area (Å²) in [5.41, 5.74) is 8.18. The van der Waals surface area contributed by atoms with Crippen LogP contribution in [0.3, 0.4) is 0 Å². The highest BCUT2D eigenvalue weighted by atomic mass is 32.2. The molecule has 2 N–H and O–H groups in total. The van der Waals surface area contributed by atoms with Crippen LogP contribution in [0, 0.1) is 0 Å². The van der Waals surface area contributed by atoms with Gasteiger partial charge in [-0.1, -0.05) is 48.5 Å². The van der Waals surface area contributed by atoms with Gasteiger partial charge in [0, 0.05) is 11.6 Å². The number of nitrogens with two attached hydrogens (primary N) is 1. The molecule has 124 valence electrons. The molecule has 2 aromatic heterocycles. The number of fused-ring (bicyclic) bond motifs is 1. The maximum atomic E-state index is 12.8. The van der Waals surface area contributed by atoms with Gasteiger partial charge in [-0.25, -0.2) is 13.4 Å². The van der Waals surface area contributed by atoms with Crippen LogP contribution in [0.5, 0.6) is 0 Å². The largest absolute Gasteiger partial charge is 0.382 e. The predicted molar refractivity (Wildman–Crippen MR) is 94.7 cm³/mol. The van der Waals surface area contributed by atoms with Crippen LogP contribution in [0.15, 0.2) is 82.7 Å². The van der Waals surface area contributed by atoms with Crippen molar-refractivity contribution in [2.75, 3.05) is 5.73 Å². The van der Waals surface area contributed by atoms with E-state index >= 15 is 0 Å². The second-order valence-corrected chi connectivity index (χ2v) is 7.41. The number of aromatic nitrogens is 3.